The first-order chi connectivity index (χ1) is 11.7. The molecule has 0 saturated carbocycles. The van der Waals surface area contributed by atoms with E-state index >= 15 is 0 Å². The zero-order chi connectivity index (χ0) is 16.7. The molecule has 120 valence electrons. The number of halogens is 1. The number of aromatic nitrogens is 1. The van der Waals surface area contributed by atoms with Crippen LogP contribution in [0.1, 0.15) is 29.5 Å². The number of hydrogen-bond donors (Lipinski definition) is 2. The van der Waals surface area contributed by atoms with Crippen molar-refractivity contribution in [1.29, 1.82) is 5.41 Å². The van der Waals surface area contributed by atoms with Crippen LogP contribution in [0.4, 0.5) is 10.1 Å². The van der Waals surface area contributed by atoms with Crippen LogP contribution in [0.15, 0.2) is 36.4 Å². The minimum Gasteiger partial charge on any atom is -0.398 e. The van der Waals surface area contributed by atoms with Gasteiger partial charge < -0.3 is 11.1 Å². The van der Waals surface area contributed by atoms with E-state index in [-0.39, 0.29) is 5.82 Å². The summed E-state index contributed by atoms with van der Waals surface area (Å²) < 4.78 is 13.3. The zero-order valence-electron chi connectivity index (χ0n) is 13.3. The van der Waals surface area contributed by atoms with Crippen molar-refractivity contribution in [3.63, 3.8) is 0 Å². The van der Waals surface area contributed by atoms with Gasteiger partial charge in [-0.3, -0.25) is 0 Å². The molecule has 0 amide bonds. The molecule has 0 bridgehead atoms. The molecule has 3 aromatic rings. The predicted octanol–water partition coefficient (Wildman–Crippen LogP) is 4.50. The Morgan fingerprint density at radius 1 is 1.00 bits per heavy atom. The Kier molecular flexibility index (Phi) is 3.53. The number of fused-ring (bicyclic) bond motifs is 3. The highest BCUT2D eigenvalue weighted by Gasteiger charge is 2.21. The molecule has 0 atom stereocenters. The van der Waals surface area contributed by atoms with Gasteiger partial charge >= 0.3 is 0 Å². The summed E-state index contributed by atoms with van der Waals surface area (Å²) in [5, 5.41) is 8.76. The molecule has 4 heteroatoms. The number of nitrogens with zero attached hydrogens (tertiary/aromatic N) is 1. The molecule has 0 fully saturated rings. The second-order valence-corrected chi connectivity index (χ2v) is 6.24. The van der Waals surface area contributed by atoms with Gasteiger partial charge in [0, 0.05) is 28.4 Å². The lowest BCUT2D eigenvalue weighted by Crippen LogP contribution is -2.09. The Hall–Kier alpha value is -2.75. The molecule has 0 spiro atoms. The van der Waals surface area contributed by atoms with E-state index in [4.69, 9.17) is 16.1 Å². The van der Waals surface area contributed by atoms with Crippen molar-refractivity contribution in [3.8, 4) is 11.3 Å². The van der Waals surface area contributed by atoms with Gasteiger partial charge in [0.25, 0.3) is 0 Å². The van der Waals surface area contributed by atoms with Gasteiger partial charge in [-0.2, -0.15) is 0 Å². The fraction of sp³-hybridized carbons (Fsp3) is 0.200. The van der Waals surface area contributed by atoms with Gasteiger partial charge in [0.2, 0.25) is 0 Å². The third-order valence-electron chi connectivity index (χ3n) is 4.81. The lowest BCUT2D eigenvalue weighted by molar-refractivity contribution is 0.628. The maximum Gasteiger partial charge on any atom is 0.123 e. The number of nitrogens with one attached hydrogen (secondary N) is 1. The maximum absolute atomic E-state index is 13.3. The highest BCUT2D eigenvalue weighted by atomic mass is 19.1. The molecule has 24 heavy (non-hydrogen) atoms. The van der Waals surface area contributed by atoms with Crippen molar-refractivity contribution in [2.45, 2.75) is 25.7 Å². The molecule has 1 aliphatic rings. The van der Waals surface area contributed by atoms with Gasteiger partial charge in [-0.05, 0) is 73.2 Å². The third-order valence-corrected chi connectivity index (χ3v) is 4.81. The maximum atomic E-state index is 13.3. The van der Waals surface area contributed by atoms with Crippen LogP contribution in [0.3, 0.4) is 0 Å². The molecule has 1 heterocycles. The standard InChI is InChI=1S/C20H18FN3/c21-13-7-5-12(6-8-13)20-15-4-2-1-3-14(15)19-16(11-22)17(23)9-10-18(19)24-20/h5-11,22H,1-4,23H2. The van der Waals surface area contributed by atoms with Crippen molar-refractivity contribution >= 4 is 22.8 Å². The number of benzene rings is 2. The molecule has 1 aromatic heterocycles. The van der Waals surface area contributed by atoms with E-state index in [0.717, 1.165) is 53.4 Å². The number of nitrogen functional groups attached to an aromatic ring is 1. The van der Waals surface area contributed by atoms with Gasteiger partial charge in [0.05, 0.1) is 11.2 Å². The number of aryl methyl sites for hydroxylation is 1. The van der Waals surface area contributed by atoms with E-state index in [0.29, 0.717) is 5.69 Å². The van der Waals surface area contributed by atoms with E-state index in [9.17, 15) is 4.39 Å². The highest BCUT2D eigenvalue weighted by molar-refractivity contribution is 6.05. The smallest absolute Gasteiger partial charge is 0.123 e. The SMILES string of the molecule is N=Cc1c(N)ccc2nc(-c3ccc(F)cc3)c3c(c12)CCCC3. The van der Waals surface area contributed by atoms with Crippen LogP contribution in [0, 0.1) is 11.2 Å². The van der Waals surface area contributed by atoms with Crippen molar-refractivity contribution in [2.24, 2.45) is 0 Å². The minimum atomic E-state index is -0.243. The molecule has 0 saturated heterocycles. The first kappa shape index (κ1) is 14.8. The molecule has 3 N–H and O–H groups in total. The summed E-state index contributed by atoms with van der Waals surface area (Å²) in [6.07, 6.45) is 5.49. The fourth-order valence-electron chi connectivity index (χ4n) is 3.67. The number of rotatable bonds is 2. The molecular weight excluding hydrogens is 301 g/mol. The van der Waals surface area contributed by atoms with Crippen molar-refractivity contribution < 1.29 is 4.39 Å². The largest absolute Gasteiger partial charge is 0.398 e. The summed E-state index contributed by atoms with van der Waals surface area (Å²) in [6, 6.07) is 10.2. The van der Waals surface area contributed by atoms with Crippen molar-refractivity contribution in [2.75, 3.05) is 5.73 Å². The van der Waals surface area contributed by atoms with Crippen LogP contribution in [0.2, 0.25) is 0 Å². The van der Waals surface area contributed by atoms with E-state index in [1.54, 1.807) is 18.2 Å². The quantitative estimate of drug-likeness (QED) is 0.539. The molecule has 1 aliphatic carbocycles. The normalized spacial score (nSPS) is 13.7. The van der Waals surface area contributed by atoms with Gasteiger partial charge in [-0.1, -0.05) is 0 Å². The van der Waals surface area contributed by atoms with E-state index in [2.05, 4.69) is 0 Å². The molecule has 2 aromatic carbocycles. The Labute approximate surface area is 139 Å². The van der Waals surface area contributed by atoms with Gasteiger partial charge in [-0.15, -0.1) is 0 Å². The van der Waals surface area contributed by atoms with Gasteiger partial charge in [-0.25, -0.2) is 9.37 Å². The average Bonchev–Trinajstić information content (AvgIpc) is 2.62. The Morgan fingerprint density at radius 2 is 1.71 bits per heavy atom. The fourth-order valence-corrected chi connectivity index (χ4v) is 3.67. The first-order valence-electron chi connectivity index (χ1n) is 8.19. The summed E-state index contributed by atoms with van der Waals surface area (Å²) in [5.74, 6) is -0.243. The molecular formula is C20H18FN3. The van der Waals surface area contributed by atoms with E-state index < -0.39 is 0 Å². The molecule has 0 radical (unpaired) electrons. The molecule has 3 nitrogen and oxygen atoms in total. The van der Waals surface area contributed by atoms with Crippen molar-refractivity contribution in [1.82, 2.24) is 4.98 Å². The van der Waals surface area contributed by atoms with Crippen LogP contribution in [0.5, 0.6) is 0 Å². The lowest BCUT2D eigenvalue weighted by Gasteiger charge is -2.22. The van der Waals surface area contributed by atoms with Crippen LogP contribution in [-0.2, 0) is 12.8 Å². The van der Waals surface area contributed by atoms with Crippen LogP contribution in [0.25, 0.3) is 22.2 Å². The summed E-state index contributed by atoms with van der Waals surface area (Å²) in [5.41, 5.74) is 12.6. The lowest BCUT2D eigenvalue weighted by atomic mass is 9.85. The highest BCUT2D eigenvalue weighted by Crippen LogP contribution is 2.37. The minimum absolute atomic E-state index is 0.243. The molecule has 0 unspecified atom stereocenters. The van der Waals surface area contributed by atoms with Gasteiger partial charge in [0.1, 0.15) is 5.82 Å². The first-order valence-corrected chi connectivity index (χ1v) is 8.19. The summed E-state index contributed by atoms with van der Waals surface area (Å²) in [6.45, 7) is 0. The summed E-state index contributed by atoms with van der Waals surface area (Å²) in [7, 11) is 0. The van der Waals surface area contributed by atoms with E-state index in [1.165, 1.54) is 29.5 Å². The topological polar surface area (TPSA) is 62.8 Å². The number of anilines is 1. The predicted molar refractivity (Wildman–Crippen MR) is 96.1 cm³/mol. The monoisotopic (exact) mass is 319 g/mol. The Bertz CT molecular complexity index is 945. The number of nitrogens with two attached hydrogens (primary N) is 1. The second kappa shape index (κ2) is 5.71. The average molecular weight is 319 g/mol. The third kappa shape index (κ3) is 2.26. The summed E-state index contributed by atoms with van der Waals surface area (Å²) in [4.78, 5) is 4.86. The number of hydrogen-bond acceptors (Lipinski definition) is 3. The van der Waals surface area contributed by atoms with Crippen LogP contribution in [-0.4, -0.2) is 11.2 Å². The molecule has 4 rings (SSSR count). The number of pyridine rings is 1. The zero-order valence-corrected chi connectivity index (χ0v) is 13.3. The second-order valence-electron chi connectivity index (χ2n) is 6.24. The van der Waals surface area contributed by atoms with Crippen LogP contribution < -0.4 is 5.73 Å². The van der Waals surface area contributed by atoms with E-state index in [1.807, 2.05) is 6.07 Å². The summed E-state index contributed by atoms with van der Waals surface area (Å²) >= 11 is 0. The molecule has 0 aliphatic heterocycles. The van der Waals surface area contributed by atoms with Crippen LogP contribution >= 0.6 is 0 Å². The Balaban J connectivity index is 2.08. The van der Waals surface area contributed by atoms with Crippen molar-refractivity contribution in [3.05, 3.63) is 58.9 Å². The Morgan fingerprint density at radius 3 is 2.42 bits per heavy atom. The van der Waals surface area contributed by atoms with Gasteiger partial charge in [0.15, 0.2) is 0 Å².